The first-order chi connectivity index (χ1) is 12.0. The van der Waals surface area contributed by atoms with Gasteiger partial charge >= 0.3 is 5.97 Å². The van der Waals surface area contributed by atoms with Crippen LogP contribution in [-0.2, 0) is 11.8 Å². The summed E-state index contributed by atoms with van der Waals surface area (Å²) in [5.74, 6) is -0.924. The van der Waals surface area contributed by atoms with E-state index in [0.29, 0.717) is 5.69 Å². The summed E-state index contributed by atoms with van der Waals surface area (Å²) in [7, 11) is 1.84. The number of aromatic nitrogens is 2. The van der Waals surface area contributed by atoms with Gasteiger partial charge in [0, 0.05) is 30.6 Å². The zero-order chi connectivity index (χ0) is 17.6. The summed E-state index contributed by atoms with van der Waals surface area (Å²) in [5.41, 5.74) is 1.39. The number of carbonyl (C=O) groups is 2. The van der Waals surface area contributed by atoms with Crippen LogP contribution >= 0.6 is 0 Å². The Balaban J connectivity index is 1.48. The number of carboxylic acid groups (broad SMARTS) is 1. The summed E-state index contributed by atoms with van der Waals surface area (Å²) >= 11 is 0. The molecule has 1 amide bonds. The summed E-state index contributed by atoms with van der Waals surface area (Å²) in [6.45, 7) is 0.0981. The fourth-order valence-corrected chi connectivity index (χ4v) is 4.44. The quantitative estimate of drug-likeness (QED) is 0.877. The largest absolute Gasteiger partial charge is 0.480 e. The number of hydrogen-bond acceptors (Lipinski definition) is 4. The molecule has 4 rings (SSSR count). The Morgan fingerprint density at radius 1 is 1.24 bits per heavy atom. The van der Waals surface area contributed by atoms with E-state index < -0.39 is 5.97 Å². The van der Waals surface area contributed by atoms with E-state index in [1.165, 1.54) is 0 Å². The minimum atomic E-state index is -0.778. The lowest BCUT2D eigenvalue weighted by atomic mass is 9.97. The highest BCUT2D eigenvalue weighted by Crippen LogP contribution is 2.35. The highest BCUT2D eigenvalue weighted by atomic mass is 16.4. The molecule has 0 saturated carbocycles. The fraction of sp³-hybridized carbons (Fsp3) is 0.500. The smallest absolute Gasteiger partial charge is 0.317 e. The number of amides is 1. The van der Waals surface area contributed by atoms with Crippen LogP contribution in [0.1, 0.15) is 36.2 Å². The normalized spacial score (nSPS) is 26.0. The molecule has 132 valence electrons. The number of carbonyl (C=O) groups excluding carboxylic acids is 1. The summed E-state index contributed by atoms with van der Waals surface area (Å²) < 4.78 is 1.73. The number of fused-ring (bicyclic) bond motifs is 3. The Morgan fingerprint density at radius 3 is 2.60 bits per heavy atom. The number of hydrogen-bond donors (Lipinski definition) is 2. The molecule has 2 aliphatic heterocycles. The Hall–Kier alpha value is -2.41. The molecule has 0 spiro atoms. The van der Waals surface area contributed by atoms with Crippen LogP contribution in [-0.4, -0.2) is 56.3 Å². The van der Waals surface area contributed by atoms with Gasteiger partial charge in [0.25, 0.3) is 5.91 Å². The van der Waals surface area contributed by atoms with Crippen LogP contribution in [0.5, 0.6) is 0 Å². The van der Waals surface area contributed by atoms with Gasteiger partial charge in [0.05, 0.1) is 12.1 Å². The van der Waals surface area contributed by atoms with Gasteiger partial charge in [0.2, 0.25) is 0 Å². The summed E-state index contributed by atoms with van der Waals surface area (Å²) in [6, 6.07) is 8.28. The van der Waals surface area contributed by atoms with Crippen molar-refractivity contribution in [3.05, 3.63) is 30.0 Å². The second kappa shape index (κ2) is 6.15. The van der Waals surface area contributed by atoms with Crippen LogP contribution in [0.4, 0.5) is 0 Å². The van der Waals surface area contributed by atoms with E-state index in [2.05, 4.69) is 15.3 Å². The molecule has 0 aliphatic carbocycles. The second-order valence-corrected chi connectivity index (χ2v) is 7.08. The Morgan fingerprint density at radius 2 is 1.92 bits per heavy atom. The summed E-state index contributed by atoms with van der Waals surface area (Å²) in [5, 5.41) is 17.4. The molecule has 2 aliphatic rings. The maximum atomic E-state index is 12.7. The average molecular weight is 342 g/mol. The van der Waals surface area contributed by atoms with E-state index in [4.69, 9.17) is 5.11 Å². The number of nitrogens with zero attached hydrogens (tertiary/aromatic N) is 3. The van der Waals surface area contributed by atoms with Crippen LogP contribution in [0.3, 0.4) is 0 Å². The van der Waals surface area contributed by atoms with Crippen molar-refractivity contribution < 1.29 is 14.7 Å². The van der Waals surface area contributed by atoms with Crippen LogP contribution in [0.15, 0.2) is 24.3 Å². The van der Waals surface area contributed by atoms with Crippen LogP contribution in [0.2, 0.25) is 0 Å². The zero-order valence-electron chi connectivity index (χ0n) is 14.2. The molecule has 3 heterocycles. The molecule has 2 bridgehead atoms. The van der Waals surface area contributed by atoms with Gasteiger partial charge in [0.1, 0.15) is 0 Å². The molecule has 7 nitrogen and oxygen atoms in total. The molecular weight excluding hydrogens is 320 g/mol. The maximum absolute atomic E-state index is 12.7. The molecule has 3 atom stereocenters. The third-order valence-electron chi connectivity index (χ3n) is 5.51. The number of aryl methyl sites for hydroxylation is 1. The maximum Gasteiger partial charge on any atom is 0.317 e. The number of carboxylic acids is 1. The SMILES string of the molecule is Cn1nc(C(=O)NC2C[C@H]3CC[C@@H](C2)N3CC(=O)O)c2ccccc21. The van der Waals surface area contributed by atoms with Crippen LogP contribution in [0.25, 0.3) is 10.9 Å². The van der Waals surface area contributed by atoms with E-state index in [1.54, 1.807) is 4.68 Å². The van der Waals surface area contributed by atoms with Gasteiger partial charge in [-0.05, 0) is 31.7 Å². The van der Waals surface area contributed by atoms with Gasteiger partial charge in [-0.1, -0.05) is 18.2 Å². The van der Waals surface area contributed by atoms with Crippen molar-refractivity contribution in [2.75, 3.05) is 6.54 Å². The molecule has 2 saturated heterocycles. The van der Waals surface area contributed by atoms with Crippen molar-refractivity contribution in [2.45, 2.75) is 43.8 Å². The van der Waals surface area contributed by atoms with Crippen molar-refractivity contribution in [3.63, 3.8) is 0 Å². The monoisotopic (exact) mass is 342 g/mol. The number of nitrogens with one attached hydrogen (secondary N) is 1. The molecule has 25 heavy (non-hydrogen) atoms. The van der Waals surface area contributed by atoms with Gasteiger partial charge in [-0.3, -0.25) is 19.2 Å². The van der Waals surface area contributed by atoms with E-state index in [9.17, 15) is 9.59 Å². The first kappa shape index (κ1) is 16.1. The molecule has 1 aromatic carbocycles. The standard InChI is InChI=1S/C18H22N4O3/c1-21-15-5-3-2-4-14(15)17(20-21)18(25)19-11-8-12-6-7-13(9-11)22(12)10-16(23)24/h2-5,11-13H,6-10H2,1H3,(H,19,25)(H,23,24)/t11?,12-,13+. The Kier molecular flexibility index (Phi) is 3.95. The van der Waals surface area contributed by atoms with E-state index >= 15 is 0 Å². The lowest BCUT2D eigenvalue weighted by Crippen LogP contribution is -2.51. The lowest BCUT2D eigenvalue weighted by Gasteiger charge is -2.38. The molecular formula is C18H22N4O3. The number of benzene rings is 1. The molecule has 1 unspecified atom stereocenters. The first-order valence-electron chi connectivity index (χ1n) is 8.73. The minimum absolute atomic E-state index is 0.0795. The van der Waals surface area contributed by atoms with Crippen molar-refractivity contribution in [1.29, 1.82) is 0 Å². The number of rotatable bonds is 4. The van der Waals surface area contributed by atoms with Crippen LogP contribution in [0, 0.1) is 0 Å². The number of piperidine rings is 1. The number of aliphatic carboxylic acids is 1. The first-order valence-corrected chi connectivity index (χ1v) is 8.73. The van der Waals surface area contributed by atoms with E-state index in [0.717, 1.165) is 36.6 Å². The topological polar surface area (TPSA) is 87.5 Å². The van der Waals surface area contributed by atoms with Crippen LogP contribution < -0.4 is 5.32 Å². The van der Waals surface area contributed by atoms with Gasteiger partial charge < -0.3 is 10.4 Å². The van der Waals surface area contributed by atoms with E-state index in [-0.39, 0.29) is 30.6 Å². The summed E-state index contributed by atoms with van der Waals surface area (Å²) in [6.07, 6.45) is 3.63. The van der Waals surface area contributed by atoms with Crippen molar-refractivity contribution in [2.24, 2.45) is 7.05 Å². The minimum Gasteiger partial charge on any atom is -0.480 e. The highest BCUT2D eigenvalue weighted by Gasteiger charge is 2.41. The number of para-hydroxylation sites is 1. The summed E-state index contributed by atoms with van der Waals surface area (Å²) in [4.78, 5) is 25.9. The van der Waals surface area contributed by atoms with Crippen molar-refractivity contribution >= 4 is 22.8 Å². The van der Waals surface area contributed by atoms with Crippen molar-refractivity contribution in [3.8, 4) is 0 Å². The van der Waals surface area contributed by atoms with Gasteiger partial charge in [-0.15, -0.1) is 0 Å². The third-order valence-corrected chi connectivity index (χ3v) is 5.51. The Labute approximate surface area is 145 Å². The highest BCUT2D eigenvalue weighted by molar-refractivity contribution is 6.04. The zero-order valence-corrected chi connectivity index (χ0v) is 14.2. The van der Waals surface area contributed by atoms with Gasteiger partial charge in [0.15, 0.2) is 5.69 Å². The lowest BCUT2D eigenvalue weighted by molar-refractivity contribution is -0.139. The molecule has 2 aromatic rings. The molecule has 7 heteroatoms. The van der Waals surface area contributed by atoms with Gasteiger partial charge in [-0.2, -0.15) is 5.10 Å². The second-order valence-electron chi connectivity index (χ2n) is 7.08. The molecule has 0 radical (unpaired) electrons. The molecule has 2 fully saturated rings. The fourth-order valence-electron chi connectivity index (χ4n) is 4.44. The van der Waals surface area contributed by atoms with Crippen molar-refractivity contribution in [1.82, 2.24) is 20.0 Å². The Bertz CT molecular complexity index is 817. The predicted octanol–water partition coefficient (Wildman–Crippen LogP) is 1.38. The average Bonchev–Trinajstić information content (AvgIpc) is 3.01. The van der Waals surface area contributed by atoms with Gasteiger partial charge in [-0.25, -0.2) is 0 Å². The molecule has 2 N–H and O–H groups in total. The van der Waals surface area contributed by atoms with E-state index in [1.807, 2.05) is 31.3 Å². The third kappa shape index (κ3) is 2.89. The predicted molar refractivity (Wildman–Crippen MR) is 92.4 cm³/mol. The molecule has 1 aromatic heterocycles.